The first-order valence-corrected chi connectivity index (χ1v) is 10.1. The van der Waals surface area contributed by atoms with Crippen LogP contribution >= 0.6 is 0 Å². The fourth-order valence-electron chi connectivity index (χ4n) is 4.86. The number of aliphatic imine (C=N–C) groups is 1. The van der Waals surface area contributed by atoms with E-state index in [2.05, 4.69) is 15.2 Å². The molecule has 0 amide bonds. The molecule has 4 rings (SSSR count). The number of nitrogens with zero attached hydrogens (tertiary/aromatic N) is 2. The van der Waals surface area contributed by atoms with Crippen molar-refractivity contribution in [1.29, 1.82) is 0 Å². The maximum atomic E-state index is 13.1. The fraction of sp³-hybridized carbons (Fsp3) is 0.667. The van der Waals surface area contributed by atoms with Crippen molar-refractivity contribution in [2.24, 2.45) is 10.4 Å². The summed E-state index contributed by atoms with van der Waals surface area (Å²) in [4.78, 5) is 6.72. The van der Waals surface area contributed by atoms with Gasteiger partial charge in [-0.25, -0.2) is 0 Å². The standard InChI is InChI=1S/C21H28F3N3O/c1-25-18(27-10-8-19(14-27)9-11-28-15-19)26-13-20(6-3-7-20)16-4-2-5-17(12-16)21(22,23)24/h2,4-5,12H,3,6-11,13-15H2,1H3,(H,25,26). The smallest absolute Gasteiger partial charge is 0.381 e. The summed E-state index contributed by atoms with van der Waals surface area (Å²) in [5, 5.41) is 3.47. The van der Waals surface area contributed by atoms with Gasteiger partial charge in [0.05, 0.1) is 12.2 Å². The van der Waals surface area contributed by atoms with E-state index in [1.165, 1.54) is 12.1 Å². The molecule has 0 bridgehead atoms. The van der Waals surface area contributed by atoms with Crippen LogP contribution in [0.1, 0.15) is 43.2 Å². The second-order valence-corrected chi connectivity index (χ2v) is 8.59. The first-order valence-electron chi connectivity index (χ1n) is 10.1. The third-order valence-corrected chi connectivity index (χ3v) is 6.83. The predicted molar refractivity (Wildman–Crippen MR) is 102 cm³/mol. The van der Waals surface area contributed by atoms with Crippen molar-refractivity contribution in [3.05, 3.63) is 35.4 Å². The number of likely N-dealkylation sites (tertiary alicyclic amines) is 1. The van der Waals surface area contributed by atoms with Gasteiger partial charge in [0, 0.05) is 44.1 Å². The molecule has 1 N–H and O–H groups in total. The molecule has 3 aliphatic rings. The topological polar surface area (TPSA) is 36.9 Å². The zero-order chi connectivity index (χ0) is 19.8. The van der Waals surface area contributed by atoms with Crippen molar-refractivity contribution in [1.82, 2.24) is 10.2 Å². The van der Waals surface area contributed by atoms with Gasteiger partial charge in [0.15, 0.2) is 5.96 Å². The zero-order valence-electron chi connectivity index (χ0n) is 16.3. The molecular weight excluding hydrogens is 367 g/mol. The molecule has 2 heterocycles. The molecule has 28 heavy (non-hydrogen) atoms. The van der Waals surface area contributed by atoms with E-state index in [1.54, 1.807) is 7.05 Å². The Morgan fingerprint density at radius 2 is 2.07 bits per heavy atom. The molecule has 1 saturated carbocycles. The summed E-state index contributed by atoms with van der Waals surface area (Å²) >= 11 is 0. The average molecular weight is 395 g/mol. The number of hydrogen-bond acceptors (Lipinski definition) is 2. The molecule has 1 atom stereocenters. The molecule has 2 aliphatic heterocycles. The van der Waals surface area contributed by atoms with Gasteiger partial charge in [0.2, 0.25) is 0 Å². The number of rotatable bonds is 3. The van der Waals surface area contributed by atoms with Gasteiger partial charge in [-0.3, -0.25) is 4.99 Å². The van der Waals surface area contributed by atoms with Crippen LogP contribution in [0.4, 0.5) is 13.2 Å². The third-order valence-electron chi connectivity index (χ3n) is 6.83. The number of hydrogen-bond donors (Lipinski definition) is 1. The van der Waals surface area contributed by atoms with E-state index in [1.807, 2.05) is 6.07 Å². The van der Waals surface area contributed by atoms with Crippen molar-refractivity contribution < 1.29 is 17.9 Å². The quantitative estimate of drug-likeness (QED) is 0.625. The molecular formula is C21H28F3N3O. The second-order valence-electron chi connectivity index (χ2n) is 8.59. The molecule has 1 aromatic rings. The van der Waals surface area contributed by atoms with Crippen molar-refractivity contribution in [3.8, 4) is 0 Å². The predicted octanol–water partition coefficient (Wildman–Crippen LogP) is 3.81. The van der Waals surface area contributed by atoms with E-state index >= 15 is 0 Å². The van der Waals surface area contributed by atoms with E-state index in [4.69, 9.17) is 4.74 Å². The van der Waals surface area contributed by atoms with Crippen LogP contribution in [-0.2, 0) is 16.3 Å². The van der Waals surface area contributed by atoms with Crippen LogP contribution in [0, 0.1) is 5.41 Å². The zero-order valence-corrected chi connectivity index (χ0v) is 16.3. The highest BCUT2D eigenvalue weighted by Gasteiger charge is 2.44. The summed E-state index contributed by atoms with van der Waals surface area (Å²) in [6.45, 7) is 4.14. The number of ether oxygens (including phenoxy) is 1. The van der Waals surface area contributed by atoms with Crippen LogP contribution in [0.5, 0.6) is 0 Å². The molecule has 7 heteroatoms. The van der Waals surface area contributed by atoms with Crippen molar-refractivity contribution >= 4 is 5.96 Å². The lowest BCUT2D eigenvalue weighted by atomic mass is 9.64. The van der Waals surface area contributed by atoms with Crippen molar-refractivity contribution in [2.75, 3.05) is 39.9 Å². The van der Waals surface area contributed by atoms with E-state index in [9.17, 15) is 13.2 Å². The Morgan fingerprint density at radius 3 is 2.68 bits per heavy atom. The number of nitrogens with one attached hydrogen (secondary N) is 1. The maximum absolute atomic E-state index is 13.1. The summed E-state index contributed by atoms with van der Waals surface area (Å²) in [5.41, 5.74) is 0.208. The molecule has 154 valence electrons. The van der Waals surface area contributed by atoms with Gasteiger partial charge in [-0.2, -0.15) is 13.2 Å². The molecule has 0 aromatic heterocycles. The summed E-state index contributed by atoms with van der Waals surface area (Å²) in [7, 11) is 1.77. The van der Waals surface area contributed by atoms with Crippen LogP contribution < -0.4 is 5.32 Å². The number of benzene rings is 1. The first kappa shape index (κ1) is 19.6. The summed E-state index contributed by atoms with van der Waals surface area (Å²) in [5.74, 6) is 0.849. The molecule has 1 unspecified atom stereocenters. The van der Waals surface area contributed by atoms with Gasteiger partial charge in [-0.05, 0) is 37.3 Å². The first-order chi connectivity index (χ1) is 13.4. The van der Waals surface area contributed by atoms with E-state index in [0.29, 0.717) is 6.54 Å². The normalized spacial score (nSPS) is 27.3. The number of alkyl halides is 3. The Kier molecular flexibility index (Phi) is 5.06. The molecule has 0 radical (unpaired) electrons. The highest BCUT2D eigenvalue weighted by molar-refractivity contribution is 5.80. The van der Waals surface area contributed by atoms with Crippen LogP contribution in [-0.4, -0.2) is 50.8 Å². The van der Waals surface area contributed by atoms with E-state index in [-0.39, 0.29) is 10.8 Å². The summed E-state index contributed by atoms with van der Waals surface area (Å²) in [6.07, 6.45) is 0.728. The van der Waals surface area contributed by atoms with Crippen LogP contribution in [0.25, 0.3) is 0 Å². The van der Waals surface area contributed by atoms with Gasteiger partial charge >= 0.3 is 6.18 Å². The Labute approximate surface area is 164 Å². The fourth-order valence-corrected chi connectivity index (χ4v) is 4.86. The maximum Gasteiger partial charge on any atom is 0.416 e. The molecule has 3 fully saturated rings. The molecule has 1 aliphatic carbocycles. The molecule has 4 nitrogen and oxygen atoms in total. The minimum absolute atomic E-state index is 0.243. The Bertz CT molecular complexity index is 737. The molecule has 1 aromatic carbocycles. The average Bonchev–Trinajstić information content (AvgIpc) is 3.27. The summed E-state index contributed by atoms with van der Waals surface area (Å²) < 4.78 is 45.0. The minimum Gasteiger partial charge on any atom is -0.381 e. The molecule has 2 saturated heterocycles. The lowest BCUT2D eigenvalue weighted by Gasteiger charge is -2.43. The highest BCUT2D eigenvalue weighted by atomic mass is 19.4. The lowest BCUT2D eigenvalue weighted by molar-refractivity contribution is -0.137. The number of guanidine groups is 1. The van der Waals surface area contributed by atoms with Crippen molar-refractivity contribution in [3.63, 3.8) is 0 Å². The molecule has 1 spiro atoms. The van der Waals surface area contributed by atoms with Gasteiger partial charge in [-0.1, -0.05) is 24.6 Å². The lowest BCUT2D eigenvalue weighted by Crippen LogP contribution is -2.50. The Morgan fingerprint density at radius 1 is 1.25 bits per heavy atom. The van der Waals surface area contributed by atoms with Crippen LogP contribution in [0.3, 0.4) is 0 Å². The Balaban J connectivity index is 1.45. The summed E-state index contributed by atoms with van der Waals surface area (Å²) in [6, 6.07) is 5.83. The van der Waals surface area contributed by atoms with Gasteiger partial charge in [0.25, 0.3) is 0 Å². The minimum atomic E-state index is -4.31. The monoisotopic (exact) mass is 395 g/mol. The SMILES string of the molecule is CN=C(NCC1(c2cccc(C(F)(F)F)c2)CCC1)N1CCC2(CCOC2)C1. The van der Waals surface area contributed by atoms with Gasteiger partial charge < -0.3 is 15.0 Å². The number of halogens is 3. The van der Waals surface area contributed by atoms with Crippen molar-refractivity contribution in [2.45, 2.75) is 43.7 Å². The Hall–Kier alpha value is -1.76. The van der Waals surface area contributed by atoms with Gasteiger partial charge in [-0.15, -0.1) is 0 Å². The van der Waals surface area contributed by atoms with Crippen LogP contribution in [0.2, 0.25) is 0 Å². The van der Waals surface area contributed by atoms with Gasteiger partial charge in [0.1, 0.15) is 0 Å². The second kappa shape index (κ2) is 7.25. The largest absolute Gasteiger partial charge is 0.416 e. The van der Waals surface area contributed by atoms with Crippen LogP contribution in [0.15, 0.2) is 29.3 Å². The third kappa shape index (κ3) is 3.61. The highest BCUT2D eigenvalue weighted by Crippen LogP contribution is 2.45. The van der Waals surface area contributed by atoms with E-state index < -0.39 is 11.7 Å². The van der Waals surface area contributed by atoms with E-state index in [0.717, 1.165) is 76.0 Å².